The van der Waals surface area contributed by atoms with Crippen molar-refractivity contribution in [2.75, 3.05) is 17.3 Å². The van der Waals surface area contributed by atoms with Crippen molar-refractivity contribution in [2.45, 2.75) is 46.8 Å². The number of aliphatic hydroxyl groups is 1. The van der Waals surface area contributed by atoms with E-state index < -0.39 is 5.60 Å². The monoisotopic (exact) mass is 364 g/mol. The molecule has 1 aromatic rings. The summed E-state index contributed by atoms with van der Waals surface area (Å²) in [5, 5.41) is 10.4. The van der Waals surface area contributed by atoms with Crippen LogP contribution < -0.4 is 4.90 Å². The molecule has 5 nitrogen and oxygen atoms in total. The fourth-order valence-corrected chi connectivity index (χ4v) is 3.05. The zero-order valence-corrected chi connectivity index (χ0v) is 16.5. The molecule has 0 spiro atoms. The summed E-state index contributed by atoms with van der Waals surface area (Å²) in [6, 6.07) is 5.87. The van der Waals surface area contributed by atoms with Crippen LogP contribution in [0.5, 0.6) is 0 Å². The van der Waals surface area contributed by atoms with E-state index >= 15 is 0 Å². The van der Waals surface area contributed by atoms with E-state index in [0.29, 0.717) is 17.5 Å². The van der Waals surface area contributed by atoms with E-state index in [-0.39, 0.29) is 12.5 Å². The van der Waals surface area contributed by atoms with Crippen molar-refractivity contribution in [1.82, 2.24) is 0 Å². The van der Waals surface area contributed by atoms with Gasteiger partial charge in [-0.2, -0.15) is 0 Å². The van der Waals surface area contributed by atoms with E-state index in [1.807, 2.05) is 39.0 Å². The Morgan fingerprint density at radius 2 is 2.12 bits per heavy atom. The standard InChI is InChI=1S/C17H22N2O3S.C2H6/c1-5-18-16-19(15(20)10-23-16)14-8-12(2)6-7-13(14)9-22-11-17(3,4)21;1-2/h5-8,21H,1,9-11H2,2-4H3;1-2H3. The molecule has 6 heteroatoms. The van der Waals surface area contributed by atoms with Crippen LogP contribution in [0.4, 0.5) is 5.69 Å². The summed E-state index contributed by atoms with van der Waals surface area (Å²) >= 11 is 1.39. The normalized spacial score (nSPS) is 16.0. The molecule has 1 amide bonds. The third-order valence-corrected chi connectivity index (χ3v) is 4.10. The number of ether oxygens (including phenoxy) is 1. The van der Waals surface area contributed by atoms with E-state index in [1.165, 1.54) is 18.0 Å². The van der Waals surface area contributed by atoms with Crippen LogP contribution in [0.25, 0.3) is 0 Å². The third kappa shape index (κ3) is 6.30. The Morgan fingerprint density at radius 1 is 1.44 bits per heavy atom. The summed E-state index contributed by atoms with van der Waals surface area (Å²) in [5.74, 6) is 0.356. The first-order chi connectivity index (χ1) is 11.8. The maximum Gasteiger partial charge on any atom is 0.243 e. The molecule has 1 saturated heterocycles. The summed E-state index contributed by atoms with van der Waals surface area (Å²) in [5.41, 5.74) is 1.82. The van der Waals surface area contributed by atoms with Crippen molar-refractivity contribution < 1.29 is 14.6 Å². The van der Waals surface area contributed by atoms with Crippen molar-refractivity contribution in [3.8, 4) is 0 Å². The highest BCUT2D eigenvalue weighted by atomic mass is 32.2. The second-order valence-corrected chi connectivity index (χ2v) is 6.99. The van der Waals surface area contributed by atoms with Crippen molar-refractivity contribution >= 4 is 28.5 Å². The van der Waals surface area contributed by atoms with Gasteiger partial charge in [-0.05, 0) is 32.4 Å². The molecule has 1 aliphatic rings. The van der Waals surface area contributed by atoms with Crippen molar-refractivity contribution in [2.24, 2.45) is 4.99 Å². The summed E-state index contributed by atoms with van der Waals surface area (Å²) in [4.78, 5) is 18.1. The van der Waals surface area contributed by atoms with Crippen LogP contribution in [-0.2, 0) is 16.1 Å². The molecule has 0 unspecified atom stereocenters. The summed E-state index contributed by atoms with van der Waals surface area (Å²) < 4.78 is 5.60. The first-order valence-corrected chi connectivity index (χ1v) is 9.34. The van der Waals surface area contributed by atoms with Gasteiger partial charge in [-0.25, -0.2) is 4.99 Å². The quantitative estimate of drug-likeness (QED) is 0.832. The first kappa shape index (κ1) is 21.4. The minimum absolute atomic E-state index is 0.00932. The number of nitrogens with zero attached hydrogens (tertiary/aromatic N) is 2. The maximum atomic E-state index is 12.3. The van der Waals surface area contributed by atoms with E-state index in [2.05, 4.69) is 11.6 Å². The fourth-order valence-electron chi connectivity index (χ4n) is 2.19. The van der Waals surface area contributed by atoms with Gasteiger partial charge in [-0.3, -0.25) is 9.69 Å². The SMILES string of the molecule is C=CN=C1SCC(=O)N1c1cc(C)ccc1COCC(C)(C)O.CC. The number of hydrogen-bond donors (Lipinski definition) is 1. The predicted octanol–water partition coefficient (Wildman–Crippen LogP) is 3.89. The number of thioether (sulfide) groups is 1. The summed E-state index contributed by atoms with van der Waals surface area (Å²) in [6.07, 6.45) is 1.44. The summed E-state index contributed by atoms with van der Waals surface area (Å²) in [6.45, 7) is 13.5. The van der Waals surface area contributed by atoms with Crippen molar-refractivity contribution in [3.05, 3.63) is 42.1 Å². The van der Waals surface area contributed by atoms with Gasteiger partial charge >= 0.3 is 0 Å². The first-order valence-electron chi connectivity index (χ1n) is 8.36. The molecule has 0 atom stereocenters. The lowest BCUT2D eigenvalue weighted by molar-refractivity contribution is -0.115. The smallest absolute Gasteiger partial charge is 0.243 e. The molecule has 0 radical (unpaired) electrons. The molecule has 1 heterocycles. The van der Waals surface area contributed by atoms with E-state index in [1.54, 1.807) is 18.7 Å². The number of carbonyl (C=O) groups excluding carboxylic acids is 1. The van der Waals surface area contributed by atoms with Gasteiger partial charge in [-0.1, -0.05) is 44.3 Å². The van der Waals surface area contributed by atoms with Gasteiger partial charge in [0.15, 0.2) is 5.17 Å². The molecule has 2 rings (SSSR count). The zero-order chi connectivity index (χ0) is 19.0. The zero-order valence-electron chi connectivity index (χ0n) is 15.7. The Labute approximate surface area is 154 Å². The molecule has 0 saturated carbocycles. The van der Waals surface area contributed by atoms with Gasteiger partial charge < -0.3 is 9.84 Å². The number of amides is 1. The molecule has 1 aromatic carbocycles. The third-order valence-electron chi connectivity index (χ3n) is 3.16. The molecule has 0 bridgehead atoms. The van der Waals surface area contributed by atoms with Gasteiger partial charge in [-0.15, -0.1) is 0 Å². The number of carbonyl (C=O) groups is 1. The topological polar surface area (TPSA) is 62.1 Å². The largest absolute Gasteiger partial charge is 0.388 e. The Hall–Kier alpha value is -1.63. The number of amidine groups is 1. The van der Waals surface area contributed by atoms with E-state index in [4.69, 9.17) is 4.74 Å². The number of rotatable bonds is 6. The Morgan fingerprint density at radius 3 is 2.72 bits per heavy atom. The molecule has 0 aromatic heterocycles. The van der Waals surface area contributed by atoms with E-state index in [9.17, 15) is 9.90 Å². The van der Waals surface area contributed by atoms with Crippen LogP contribution in [0.3, 0.4) is 0 Å². The lowest BCUT2D eigenvalue weighted by atomic mass is 10.1. The van der Waals surface area contributed by atoms with Crippen LogP contribution in [0.1, 0.15) is 38.8 Å². The maximum absolute atomic E-state index is 12.3. The van der Waals surface area contributed by atoms with Crippen LogP contribution in [-0.4, -0.2) is 34.1 Å². The molecular weight excluding hydrogens is 336 g/mol. The highest BCUT2D eigenvalue weighted by molar-refractivity contribution is 8.15. The lowest BCUT2D eigenvalue weighted by Crippen LogP contribution is -2.30. The molecule has 138 valence electrons. The average Bonchev–Trinajstić information content (AvgIpc) is 2.90. The average molecular weight is 365 g/mol. The molecule has 25 heavy (non-hydrogen) atoms. The minimum atomic E-state index is -0.889. The summed E-state index contributed by atoms with van der Waals surface area (Å²) in [7, 11) is 0. The number of benzene rings is 1. The highest BCUT2D eigenvalue weighted by Gasteiger charge is 2.31. The second kappa shape index (κ2) is 9.75. The van der Waals surface area contributed by atoms with Crippen LogP contribution in [0.2, 0.25) is 0 Å². The van der Waals surface area contributed by atoms with Gasteiger partial charge in [0.2, 0.25) is 5.91 Å². The Balaban J connectivity index is 0.00000151. The predicted molar refractivity (Wildman–Crippen MR) is 106 cm³/mol. The number of anilines is 1. The second-order valence-electron chi connectivity index (χ2n) is 6.05. The van der Waals surface area contributed by atoms with Crippen LogP contribution in [0.15, 0.2) is 36.0 Å². The van der Waals surface area contributed by atoms with Gasteiger partial charge in [0.1, 0.15) is 0 Å². The van der Waals surface area contributed by atoms with Gasteiger partial charge in [0.05, 0.1) is 30.3 Å². The number of hydrogen-bond acceptors (Lipinski definition) is 5. The lowest BCUT2D eigenvalue weighted by Gasteiger charge is -2.22. The molecular formula is C19H28N2O3S. The molecule has 1 fully saturated rings. The Kier molecular flexibility index (Phi) is 8.35. The minimum Gasteiger partial charge on any atom is -0.388 e. The van der Waals surface area contributed by atoms with Gasteiger partial charge in [0, 0.05) is 11.8 Å². The highest BCUT2D eigenvalue weighted by Crippen LogP contribution is 2.31. The van der Waals surface area contributed by atoms with Crippen LogP contribution >= 0.6 is 11.8 Å². The number of aliphatic imine (C=N–C) groups is 1. The van der Waals surface area contributed by atoms with Crippen LogP contribution in [0, 0.1) is 6.92 Å². The number of aryl methyl sites for hydroxylation is 1. The molecule has 1 aliphatic heterocycles. The van der Waals surface area contributed by atoms with Gasteiger partial charge in [0.25, 0.3) is 0 Å². The Bertz CT molecular complexity index is 636. The fraction of sp³-hybridized carbons (Fsp3) is 0.474. The molecule has 0 aliphatic carbocycles. The van der Waals surface area contributed by atoms with Crippen molar-refractivity contribution in [3.63, 3.8) is 0 Å². The van der Waals surface area contributed by atoms with Crippen molar-refractivity contribution in [1.29, 1.82) is 0 Å². The molecule has 1 N–H and O–H groups in total. The van der Waals surface area contributed by atoms with E-state index in [0.717, 1.165) is 16.8 Å².